The Balaban J connectivity index is 0.000000228. The SMILES string of the molecule is Cn1c(=O)n(CC(F)(F)F)c(=O)c2ccsc21.O=C(O)c1ccncn1. The number of aryl methyl sites for hydroxylation is 1. The zero-order valence-corrected chi connectivity index (χ0v) is 13.9. The summed E-state index contributed by atoms with van der Waals surface area (Å²) in [6, 6.07) is 2.75. The van der Waals surface area contributed by atoms with Crippen LogP contribution in [0.2, 0.25) is 0 Å². The molecule has 3 aromatic heterocycles. The van der Waals surface area contributed by atoms with Crippen LogP contribution in [0.5, 0.6) is 0 Å². The van der Waals surface area contributed by atoms with Gasteiger partial charge >= 0.3 is 17.8 Å². The Kier molecular flexibility index (Phi) is 5.55. The van der Waals surface area contributed by atoms with Gasteiger partial charge in [-0.25, -0.2) is 19.6 Å². The largest absolute Gasteiger partial charge is 0.477 e. The Morgan fingerprint density at radius 1 is 1.31 bits per heavy atom. The first-order valence-corrected chi connectivity index (χ1v) is 7.73. The molecular formula is C14H11F3N4O4S. The monoisotopic (exact) mass is 388 g/mol. The molecule has 0 aliphatic heterocycles. The minimum absolute atomic E-state index is 0.0185. The maximum atomic E-state index is 12.3. The van der Waals surface area contributed by atoms with E-state index >= 15 is 0 Å². The van der Waals surface area contributed by atoms with Gasteiger partial charge in [-0.1, -0.05) is 0 Å². The molecule has 0 bridgehead atoms. The number of hydrogen-bond donors (Lipinski definition) is 1. The van der Waals surface area contributed by atoms with Gasteiger partial charge in [-0.15, -0.1) is 11.3 Å². The number of thiophene rings is 1. The first-order valence-electron chi connectivity index (χ1n) is 6.85. The number of aromatic nitrogens is 4. The van der Waals surface area contributed by atoms with Gasteiger partial charge < -0.3 is 5.11 Å². The first kappa shape index (κ1) is 19.3. The summed E-state index contributed by atoms with van der Waals surface area (Å²) in [5.74, 6) is -1.03. The number of fused-ring (bicyclic) bond motifs is 1. The zero-order chi connectivity index (χ0) is 19.5. The predicted octanol–water partition coefficient (Wildman–Crippen LogP) is 1.50. The summed E-state index contributed by atoms with van der Waals surface area (Å²) in [5.41, 5.74) is -1.84. The third-order valence-electron chi connectivity index (χ3n) is 3.08. The van der Waals surface area contributed by atoms with E-state index in [-0.39, 0.29) is 15.6 Å². The summed E-state index contributed by atoms with van der Waals surface area (Å²) < 4.78 is 38.0. The van der Waals surface area contributed by atoms with E-state index in [1.807, 2.05) is 0 Å². The van der Waals surface area contributed by atoms with Crippen LogP contribution >= 0.6 is 11.3 Å². The molecule has 0 aliphatic rings. The number of rotatable bonds is 2. The highest BCUT2D eigenvalue weighted by atomic mass is 32.1. The Morgan fingerprint density at radius 3 is 2.50 bits per heavy atom. The van der Waals surface area contributed by atoms with Crippen LogP contribution < -0.4 is 11.2 Å². The molecule has 0 spiro atoms. The molecule has 0 aliphatic carbocycles. The van der Waals surface area contributed by atoms with Crippen LogP contribution in [0.25, 0.3) is 10.2 Å². The van der Waals surface area contributed by atoms with Crippen molar-refractivity contribution >= 4 is 27.5 Å². The van der Waals surface area contributed by atoms with Crippen molar-refractivity contribution in [3.63, 3.8) is 0 Å². The Bertz CT molecular complexity index is 1040. The highest BCUT2D eigenvalue weighted by Gasteiger charge is 2.30. The van der Waals surface area contributed by atoms with Crippen molar-refractivity contribution in [2.24, 2.45) is 7.05 Å². The van der Waals surface area contributed by atoms with Gasteiger partial charge in [-0.05, 0) is 17.5 Å². The van der Waals surface area contributed by atoms with Crippen molar-refractivity contribution in [2.75, 3.05) is 0 Å². The summed E-state index contributed by atoms with van der Waals surface area (Å²) >= 11 is 1.14. The van der Waals surface area contributed by atoms with Crippen molar-refractivity contribution in [1.29, 1.82) is 0 Å². The Morgan fingerprint density at radius 2 is 2.00 bits per heavy atom. The van der Waals surface area contributed by atoms with Gasteiger partial charge in [0.1, 0.15) is 17.7 Å². The van der Waals surface area contributed by atoms with Gasteiger partial charge in [0.25, 0.3) is 5.56 Å². The molecule has 138 valence electrons. The Hall–Kier alpha value is -3.02. The number of nitrogens with zero attached hydrogens (tertiary/aromatic N) is 4. The van der Waals surface area contributed by atoms with Crippen molar-refractivity contribution in [2.45, 2.75) is 12.7 Å². The van der Waals surface area contributed by atoms with Crippen molar-refractivity contribution < 1.29 is 23.1 Å². The molecule has 0 radical (unpaired) electrons. The average Bonchev–Trinajstić information content (AvgIpc) is 3.07. The molecule has 26 heavy (non-hydrogen) atoms. The zero-order valence-electron chi connectivity index (χ0n) is 13.1. The molecule has 3 heterocycles. The van der Waals surface area contributed by atoms with Crippen LogP contribution in [0.3, 0.4) is 0 Å². The number of alkyl halides is 3. The standard InChI is InChI=1S/C9H7F3N2O2S.C5H4N2O2/c1-13-7-5(2-3-17-7)6(15)14(8(13)16)4-9(10,11)12;8-5(9)4-1-2-6-3-7-4/h2-3H,4H2,1H3;1-3H,(H,8,9). The third-order valence-corrected chi connectivity index (χ3v) is 4.07. The molecule has 0 amide bonds. The number of carboxylic acids is 1. The Labute approximate surface area is 146 Å². The number of halogens is 3. The molecule has 0 saturated heterocycles. The van der Waals surface area contributed by atoms with Crippen LogP contribution in [-0.4, -0.2) is 36.4 Å². The third kappa shape index (κ3) is 4.33. The second kappa shape index (κ2) is 7.47. The fourth-order valence-corrected chi connectivity index (χ4v) is 2.81. The molecule has 3 aromatic rings. The molecule has 0 unspecified atom stereocenters. The predicted molar refractivity (Wildman–Crippen MR) is 86.4 cm³/mol. The van der Waals surface area contributed by atoms with E-state index in [4.69, 9.17) is 5.11 Å². The van der Waals surface area contributed by atoms with E-state index in [9.17, 15) is 27.6 Å². The summed E-state index contributed by atoms with van der Waals surface area (Å²) in [6.07, 6.45) is -2.01. The number of aromatic carboxylic acids is 1. The fourth-order valence-electron chi connectivity index (χ4n) is 1.96. The molecule has 0 fully saturated rings. The number of hydrogen-bond acceptors (Lipinski definition) is 6. The lowest BCUT2D eigenvalue weighted by Gasteiger charge is -2.10. The van der Waals surface area contributed by atoms with E-state index < -0.39 is 29.9 Å². The smallest absolute Gasteiger partial charge is 0.406 e. The van der Waals surface area contributed by atoms with Crippen LogP contribution in [0.15, 0.2) is 39.6 Å². The van der Waals surface area contributed by atoms with E-state index in [1.54, 1.807) is 5.38 Å². The van der Waals surface area contributed by atoms with Crippen molar-refractivity contribution in [3.8, 4) is 0 Å². The van der Waals surface area contributed by atoms with Gasteiger partial charge in [0, 0.05) is 13.2 Å². The van der Waals surface area contributed by atoms with Gasteiger partial charge in [-0.3, -0.25) is 13.9 Å². The van der Waals surface area contributed by atoms with Crippen LogP contribution in [0.1, 0.15) is 10.5 Å². The lowest BCUT2D eigenvalue weighted by atomic mass is 10.4. The molecule has 3 rings (SSSR count). The minimum atomic E-state index is -4.60. The first-order chi connectivity index (χ1) is 12.1. The van der Waals surface area contributed by atoms with E-state index in [1.165, 1.54) is 31.7 Å². The van der Waals surface area contributed by atoms with E-state index in [2.05, 4.69) is 9.97 Å². The molecule has 0 aromatic carbocycles. The number of carboxylic acid groups (broad SMARTS) is 1. The normalized spacial score (nSPS) is 11.1. The highest BCUT2D eigenvalue weighted by Crippen LogP contribution is 2.18. The van der Waals surface area contributed by atoms with Crippen molar-refractivity contribution in [1.82, 2.24) is 19.1 Å². The lowest BCUT2D eigenvalue weighted by molar-refractivity contribution is -0.141. The van der Waals surface area contributed by atoms with Crippen LogP contribution in [0, 0.1) is 0 Å². The van der Waals surface area contributed by atoms with Gasteiger partial charge in [-0.2, -0.15) is 13.2 Å². The lowest BCUT2D eigenvalue weighted by Crippen LogP contribution is -2.42. The van der Waals surface area contributed by atoms with Crippen molar-refractivity contribution in [3.05, 3.63) is 56.6 Å². The molecular weight excluding hydrogens is 377 g/mol. The summed E-state index contributed by atoms with van der Waals surface area (Å²) in [6.45, 7) is -1.57. The molecule has 8 nitrogen and oxygen atoms in total. The van der Waals surface area contributed by atoms with Gasteiger partial charge in [0.05, 0.1) is 5.39 Å². The van der Waals surface area contributed by atoms with Crippen LogP contribution in [0.4, 0.5) is 13.2 Å². The molecule has 12 heteroatoms. The maximum absolute atomic E-state index is 12.3. The summed E-state index contributed by atoms with van der Waals surface area (Å²) in [5, 5.41) is 9.98. The summed E-state index contributed by atoms with van der Waals surface area (Å²) in [7, 11) is 1.34. The second-order valence-corrected chi connectivity index (χ2v) is 5.78. The van der Waals surface area contributed by atoms with Gasteiger partial charge in [0.2, 0.25) is 0 Å². The molecule has 0 saturated carbocycles. The quantitative estimate of drug-likeness (QED) is 0.713. The van der Waals surface area contributed by atoms with Gasteiger partial charge in [0.15, 0.2) is 5.69 Å². The maximum Gasteiger partial charge on any atom is 0.406 e. The fraction of sp³-hybridized carbons (Fsp3) is 0.214. The topological polar surface area (TPSA) is 107 Å². The molecule has 0 atom stereocenters. The van der Waals surface area contributed by atoms with E-state index in [0.717, 1.165) is 15.9 Å². The average molecular weight is 388 g/mol. The van der Waals surface area contributed by atoms with Crippen LogP contribution in [-0.2, 0) is 13.6 Å². The second-order valence-electron chi connectivity index (χ2n) is 4.89. The minimum Gasteiger partial charge on any atom is -0.477 e. The van der Waals surface area contributed by atoms with E-state index in [0.29, 0.717) is 4.83 Å². The number of carbonyl (C=O) groups is 1. The summed E-state index contributed by atoms with van der Waals surface area (Å²) in [4.78, 5) is 40.8. The molecule has 1 N–H and O–H groups in total. The highest BCUT2D eigenvalue weighted by molar-refractivity contribution is 7.16.